The third kappa shape index (κ3) is 4.92. The summed E-state index contributed by atoms with van der Waals surface area (Å²) < 4.78 is 0. The second-order valence-corrected chi connectivity index (χ2v) is 6.74. The first-order valence-electron chi connectivity index (χ1n) is 9.10. The molecule has 3 aromatic rings. The van der Waals surface area contributed by atoms with Crippen LogP contribution >= 0.6 is 0 Å². The highest BCUT2D eigenvalue weighted by Gasteiger charge is 2.19. The number of rotatable bonds is 7. The SMILES string of the molecule is CC(Nc1ccc([N+](=O)[O-])c(NC(C)c2cccc(O)c2)n1)c1cccc(O)c1. The second kappa shape index (κ2) is 8.47. The molecule has 2 atom stereocenters. The number of phenols is 2. The van der Waals surface area contributed by atoms with Gasteiger partial charge in [-0.15, -0.1) is 0 Å². The molecule has 2 unspecified atom stereocenters. The molecule has 0 bridgehead atoms. The number of aromatic nitrogens is 1. The predicted molar refractivity (Wildman–Crippen MR) is 111 cm³/mol. The lowest BCUT2D eigenvalue weighted by Crippen LogP contribution is -2.12. The van der Waals surface area contributed by atoms with E-state index in [1.54, 1.807) is 42.5 Å². The average Bonchev–Trinajstić information content (AvgIpc) is 2.68. The fourth-order valence-corrected chi connectivity index (χ4v) is 2.97. The summed E-state index contributed by atoms with van der Waals surface area (Å²) in [5.74, 6) is 0.861. The third-order valence-corrected chi connectivity index (χ3v) is 4.53. The molecule has 8 heteroatoms. The van der Waals surface area contributed by atoms with Crippen LogP contribution in [0.5, 0.6) is 11.5 Å². The van der Waals surface area contributed by atoms with Crippen molar-refractivity contribution in [3.05, 3.63) is 81.9 Å². The highest BCUT2D eigenvalue weighted by Crippen LogP contribution is 2.30. The van der Waals surface area contributed by atoms with Gasteiger partial charge in [0.1, 0.15) is 17.3 Å². The molecule has 0 radical (unpaired) electrons. The Kier molecular flexibility index (Phi) is 5.82. The molecular formula is C21H22N4O4. The second-order valence-electron chi connectivity index (χ2n) is 6.74. The standard InChI is InChI=1S/C21H22N4O4/c1-13(15-5-3-7-17(26)11-15)22-20-10-9-19(25(28)29)21(24-20)23-14(2)16-6-4-8-18(27)12-16/h3-14,26-27H,1-2H3,(H2,22,23,24). The lowest BCUT2D eigenvalue weighted by Gasteiger charge is -2.18. The number of aromatic hydroxyl groups is 2. The van der Waals surface area contributed by atoms with Crippen molar-refractivity contribution in [1.29, 1.82) is 0 Å². The van der Waals surface area contributed by atoms with Gasteiger partial charge in [0.2, 0.25) is 5.82 Å². The van der Waals surface area contributed by atoms with Crippen molar-refractivity contribution in [3.8, 4) is 11.5 Å². The van der Waals surface area contributed by atoms with E-state index in [9.17, 15) is 20.3 Å². The molecule has 0 amide bonds. The lowest BCUT2D eigenvalue weighted by molar-refractivity contribution is -0.384. The molecule has 4 N–H and O–H groups in total. The average molecular weight is 394 g/mol. The number of benzene rings is 2. The minimum absolute atomic E-state index is 0.119. The van der Waals surface area contributed by atoms with Gasteiger partial charge in [-0.2, -0.15) is 0 Å². The summed E-state index contributed by atoms with van der Waals surface area (Å²) in [7, 11) is 0. The first kappa shape index (κ1) is 19.9. The molecule has 0 aliphatic carbocycles. The molecule has 8 nitrogen and oxygen atoms in total. The highest BCUT2D eigenvalue weighted by atomic mass is 16.6. The Morgan fingerprint density at radius 2 is 1.45 bits per heavy atom. The van der Waals surface area contributed by atoms with Crippen LogP contribution in [0.3, 0.4) is 0 Å². The molecular weight excluding hydrogens is 372 g/mol. The zero-order valence-electron chi connectivity index (χ0n) is 16.0. The topological polar surface area (TPSA) is 121 Å². The summed E-state index contributed by atoms with van der Waals surface area (Å²) >= 11 is 0. The molecule has 0 saturated heterocycles. The Hall–Kier alpha value is -3.81. The van der Waals surface area contributed by atoms with Crippen LogP contribution < -0.4 is 10.6 Å². The molecule has 0 aliphatic rings. The van der Waals surface area contributed by atoms with E-state index in [1.807, 2.05) is 26.0 Å². The summed E-state index contributed by atoms with van der Waals surface area (Å²) in [5.41, 5.74) is 1.48. The Morgan fingerprint density at radius 1 is 0.897 bits per heavy atom. The number of nitrogens with one attached hydrogen (secondary N) is 2. The molecule has 0 saturated carbocycles. The molecule has 3 rings (SSSR count). The van der Waals surface area contributed by atoms with Crippen LogP contribution in [-0.2, 0) is 0 Å². The summed E-state index contributed by atoms with van der Waals surface area (Å²) in [6, 6.07) is 16.0. The van der Waals surface area contributed by atoms with E-state index >= 15 is 0 Å². The van der Waals surface area contributed by atoms with Crippen molar-refractivity contribution in [2.75, 3.05) is 10.6 Å². The van der Waals surface area contributed by atoms with E-state index in [4.69, 9.17) is 0 Å². The van der Waals surface area contributed by atoms with Crippen LogP contribution in [0.1, 0.15) is 37.1 Å². The smallest absolute Gasteiger partial charge is 0.311 e. The van der Waals surface area contributed by atoms with Gasteiger partial charge in [0, 0.05) is 6.07 Å². The number of pyridine rings is 1. The molecule has 1 aromatic heterocycles. The van der Waals surface area contributed by atoms with E-state index < -0.39 is 4.92 Å². The minimum Gasteiger partial charge on any atom is -0.508 e. The Labute approximate surface area is 168 Å². The molecule has 1 heterocycles. The van der Waals surface area contributed by atoms with Crippen molar-refractivity contribution >= 4 is 17.3 Å². The van der Waals surface area contributed by atoms with Crippen LogP contribution in [0.2, 0.25) is 0 Å². The summed E-state index contributed by atoms with van der Waals surface area (Å²) in [5, 5.41) is 37.0. The molecule has 150 valence electrons. The van der Waals surface area contributed by atoms with Crippen molar-refractivity contribution in [2.24, 2.45) is 0 Å². The maximum atomic E-state index is 11.4. The van der Waals surface area contributed by atoms with Crippen molar-refractivity contribution in [1.82, 2.24) is 4.98 Å². The van der Waals surface area contributed by atoms with E-state index in [2.05, 4.69) is 15.6 Å². The monoisotopic (exact) mass is 394 g/mol. The Morgan fingerprint density at radius 3 is 1.97 bits per heavy atom. The van der Waals surface area contributed by atoms with Gasteiger partial charge in [0.15, 0.2) is 0 Å². The van der Waals surface area contributed by atoms with Gasteiger partial charge in [-0.25, -0.2) is 4.98 Å². The largest absolute Gasteiger partial charge is 0.508 e. The maximum Gasteiger partial charge on any atom is 0.311 e. The molecule has 29 heavy (non-hydrogen) atoms. The van der Waals surface area contributed by atoms with Gasteiger partial charge < -0.3 is 20.8 Å². The number of nitro groups is 1. The fraction of sp³-hybridized carbons (Fsp3) is 0.190. The third-order valence-electron chi connectivity index (χ3n) is 4.53. The molecule has 0 fully saturated rings. The van der Waals surface area contributed by atoms with Gasteiger partial charge >= 0.3 is 5.69 Å². The van der Waals surface area contributed by atoms with Crippen molar-refractivity contribution in [3.63, 3.8) is 0 Å². The first-order valence-corrected chi connectivity index (χ1v) is 9.10. The van der Waals surface area contributed by atoms with Crippen LogP contribution in [0, 0.1) is 10.1 Å². The number of phenolic OH excluding ortho intramolecular Hbond substituents is 2. The summed E-state index contributed by atoms with van der Waals surface area (Å²) in [4.78, 5) is 15.3. The van der Waals surface area contributed by atoms with Crippen molar-refractivity contribution < 1.29 is 15.1 Å². The number of hydrogen-bond donors (Lipinski definition) is 4. The number of anilines is 2. The van der Waals surface area contributed by atoms with Gasteiger partial charge in [0.25, 0.3) is 0 Å². The Balaban J connectivity index is 1.85. The fourth-order valence-electron chi connectivity index (χ4n) is 2.97. The predicted octanol–water partition coefficient (Wildman–Crippen LogP) is 4.75. The van der Waals surface area contributed by atoms with E-state index in [0.717, 1.165) is 11.1 Å². The van der Waals surface area contributed by atoms with Gasteiger partial charge in [-0.3, -0.25) is 10.1 Å². The molecule has 2 aromatic carbocycles. The maximum absolute atomic E-state index is 11.4. The zero-order chi connectivity index (χ0) is 21.0. The quantitative estimate of drug-likeness (QED) is 0.337. The summed E-state index contributed by atoms with van der Waals surface area (Å²) in [6.45, 7) is 3.73. The van der Waals surface area contributed by atoms with Gasteiger partial charge in [-0.1, -0.05) is 24.3 Å². The lowest BCUT2D eigenvalue weighted by atomic mass is 10.1. The molecule has 0 aliphatic heterocycles. The van der Waals surface area contributed by atoms with E-state index in [0.29, 0.717) is 5.82 Å². The van der Waals surface area contributed by atoms with E-state index in [1.165, 1.54) is 6.07 Å². The summed E-state index contributed by atoms with van der Waals surface area (Å²) in [6.07, 6.45) is 0. The van der Waals surface area contributed by atoms with Gasteiger partial charge in [0.05, 0.1) is 17.0 Å². The number of hydrogen-bond acceptors (Lipinski definition) is 7. The first-order chi connectivity index (χ1) is 13.8. The number of nitrogens with zero attached hydrogens (tertiary/aromatic N) is 2. The van der Waals surface area contributed by atoms with Crippen LogP contribution in [0.15, 0.2) is 60.7 Å². The van der Waals surface area contributed by atoms with Crippen LogP contribution in [0.25, 0.3) is 0 Å². The normalized spacial score (nSPS) is 12.8. The van der Waals surface area contributed by atoms with E-state index in [-0.39, 0.29) is 35.1 Å². The van der Waals surface area contributed by atoms with Gasteiger partial charge in [-0.05, 0) is 55.3 Å². The van der Waals surface area contributed by atoms with Crippen LogP contribution in [-0.4, -0.2) is 20.1 Å². The molecule has 0 spiro atoms. The van der Waals surface area contributed by atoms with Crippen molar-refractivity contribution in [2.45, 2.75) is 25.9 Å². The Bertz CT molecular complexity index is 1030. The highest BCUT2D eigenvalue weighted by molar-refractivity contribution is 5.61. The van der Waals surface area contributed by atoms with Crippen LogP contribution in [0.4, 0.5) is 17.3 Å². The minimum atomic E-state index is -0.493. The zero-order valence-corrected chi connectivity index (χ0v) is 16.0.